The van der Waals surface area contributed by atoms with E-state index >= 15 is 0 Å². The number of rotatable bonds is 4. The van der Waals surface area contributed by atoms with Gasteiger partial charge in [0.05, 0.1) is 7.11 Å². The van der Waals surface area contributed by atoms with Crippen molar-refractivity contribution in [2.75, 3.05) is 19.9 Å². The molecular weight excluding hydrogens is 271 g/mol. The minimum atomic E-state index is -0.441. The number of nitrogens with two attached hydrogens (primary N) is 1. The lowest BCUT2D eigenvalue weighted by atomic mass is 10.1. The summed E-state index contributed by atoms with van der Waals surface area (Å²) in [6, 6.07) is 11.3. The zero-order chi connectivity index (χ0) is 15.4. The van der Waals surface area contributed by atoms with Crippen molar-refractivity contribution in [1.82, 2.24) is 4.90 Å². The lowest BCUT2D eigenvalue weighted by Crippen LogP contribution is -2.26. The Bertz CT molecular complexity index is 641. The first-order valence-corrected chi connectivity index (χ1v) is 6.44. The van der Waals surface area contributed by atoms with E-state index in [0.717, 1.165) is 0 Å². The number of methoxy groups -OCH3 is 1. The molecule has 0 aliphatic rings. The third-order valence-electron chi connectivity index (χ3n) is 3.14. The van der Waals surface area contributed by atoms with Crippen LogP contribution in [-0.2, 0) is 6.54 Å². The van der Waals surface area contributed by atoms with Crippen molar-refractivity contribution < 1.29 is 13.9 Å². The zero-order valence-electron chi connectivity index (χ0n) is 12.0. The Morgan fingerprint density at radius 1 is 1.24 bits per heavy atom. The summed E-state index contributed by atoms with van der Waals surface area (Å²) in [6.45, 7) is 0.310. The highest BCUT2D eigenvalue weighted by Gasteiger charge is 2.13. The summed E-state index contributed by atoms with van der Waals surface area (Å²) in [5.74, 6) is -0.402. The number of carbonyl (C=O) groups is 1. The van der Waals surface area contributed by atoms with Crippen LogP contribution >= 0.6 is 0 Å². The Balaban J connectivity index is 2.10. The molecule has 2 rings (SSSR count). The van der Waals surface area contributed by atoms with E-state index in [0.29, 0.717) is 23.4 Å². The average Bonchev–Trinajstić information content (AvgIpc) is 2.47. The quantitative estimate of drug-likeness (QED) is 0.880. The van der Waals surface area contributed by atoms with E-state index in [4.69, 9.17) is 10.5 Å². The smallest absolute Gasteiger partial charge is 0.253 e. The van der Waals surface area contributed by atoms with Crippen LogP contribution in [0.25, 0.3) is 0 Å². The molecule has 2 N–H and O–H groups in total. The summed E-state index contributed by atoms with van der Waals surface area (Å²) in [5, 5.41) is 0. The summed E-state index contributed by atoms with van der Waals surface area (Å²) < 4.78 is 18.5. The third-order valence-corrected chi connectivity index (χ3v) is 3.14. The molecule has 0 aliphatic carbocycles. The highest BCUT2D eigenvalue weighted by Crippen LogP contribution is 2.19. The molecule has 110 valence electrons. The fourth-order valence-corrected chi connectivity index (χ4v) is 2.00. The minimum Gasteiger partial charge on any atom is -0.494 e. The van der Waals surface area contributed by atoms with Crippen LogP contribution in [0.15, 0.2) is 42.5 Å². The Labute approximate surface area is 122 Å². The Morgan fingerprint density at radius 3 is 2.48 bits per heavy atom. The Morgan fingerprint density at radius 2 is 1.90 bits per heavy atom. The molecule has 0 aliphatic heterocycles. The van der Waals surface area contributed by atoms with Gasteiger partial charge in [-0.1, -0.05) is 6.07 Å². The van der Waals surface area contributed by atoms with Gasteiger partial charge < -0.3 is 15.4 Å². The molecule has 0 spiro atoms. The van der Waals surface area contributed by atoms with Crippen LogP contribution in [0.3, 0.4) is 0 Å². The highest BCUT2D eigenvalue weighted by molar-refractivity contribution is 5.94. The van der Waals surface area contributed by atoms with Crippen LogP contribution < -0.4 is 10.5 Å². The second-order valence-electron chi connectivity index (χ2n) is 4.75. The van der Waals surface area contributed by atoms with E-state index in [1.54, 1.807) is 43.4 Å². The molecule has 0 atom stereocenters. The van der Waals surface area contributed by atoms with Gasteiger partial charge >= 0.3 is 0 Å². The molecule has 21 heavy (non-hydrogen) atoms. The van der Waals surface area contributed by atoms with Crippen LogP contribution in [0.1, 0.15) is 15.9 Å². The number of benzene rings is 2. The van der Waals surface area contributed by atoms with E-state index in [9.17, 15) is 9.18 Å². The van der Waals surface area contributed by atoms with Crippen molar-refractivity contribution in [3.63, 3.8) is 0 Å². The Kier molecular flexibility index (Phi) is 4.42. The van der Waals surface area contributed by atoms with Gasteiger partial charge in [0.15, 0.2) is 11.6 Å². The van der Waals surface area contributed by atoms with Crippen molar-refractivity contribution in [3.05, 3.63) is 59.4 Å². The number of nitrogens with zero attached hydrogens (tertiary/aromatic N) is 1. The van der Waals surface area contributed by atoms with E-state index in [1.165, 1.54) is 18.1 Å². The van der Waals surface area contributed by atoms with Crippen LogP contribution in [0.2, 0.25) is 0 Å². The predicted octanol–water partition coefficient (Wildman–Crippen LogP) is 2.69. The standard InChI is InChI=1S/C16H17FN2O2/c1-19(16(20)12-4-6-13(18)7-5-12)10-11-3-8-15(21-2)14(17)9-11/h3-9H,10,18H2,1-2H3. The molecule has 5 heteroatoms. The van der Waals surface area contributed by atoms with Gasteiger partial charge in [-0.2, -0.15) is 0 Å². The number of carbonyl (C=O) groups excluding carboxylic acids is 1. The molecular formula is C16H17FN2O2. The second kappa shape index (κ2) is 6.26. The molecule has 0 unspecified atom stereocenters. The van der Waals surface area contributed by atoms with Gasteiger partial charge in [0.2, 0.25) is 0 Å². The Hall–Kier alpha value is -2.56. The van der Waals surface area contributed by atoms with E-state index in [-0.39, 0.29) is 11.7 Å². The number of hydrogen-bond acceptors (Lipinski definition) is 3. The molecule has 0 aromatic heterocycles. The van der Waals surface area contributed by atoms with Gasteiger partial charge in [-0.3, -0.25) is 4.79 Å². The first kappa shape index (κ1) is 14.8. The average molecular weight is 288 g/mol. The van der Waals surface area contributed by atoms with Crippen LogP contribution in [0, 0.1) is 5.82 Å². The minimum absolute atomic E-state index is 0.147. The first-order chi connectivity index (χ1) is 10.0. The van der Waals surface area contributed by atoms with Gasteiger partial charge in [-0.15, -0.1) is 0 Å². The molecule has 0 heterocycles. The molecule has 4 nitrogen and oxygen atoms in total. The van der Waals surface area contributed by atoms with Gasteiger partial charge in [-0.05, 0) is 42.0 Å². The SMILES string of the molecule is COc1ccc(CN(C)C(=O)c2ccc(N)cc2)cc1F. The third kappa shape index (κ3) is 3.51. The topological polar surface area (TPSA) is 55.6 Å². The number of ether oxygens (including phenoxy) is 1. The number of halogens is 1. The summed E-state index contributed by atoms with van der Waals surface area (Å²) in [6.07, 6.45) is 0. The number of amides is 1. The van der Waals surface area contributed by atoms with Crippen molar-refractivity contribution in [1.29, 1.82) is 0 Å². The van der Waals surface area contributed by atoms with Crippen LogP contribution in [-0.4, -0.2) is 25.0 Å². The van der Waals surface area contributed by atoms with Crippen LogP contribution in [0.4, 0.5) is 10.1 Å². The molecule has 0 saturated carbocycles. The van der Waals surface area contributed by atoms with Gasteiger partial charge in [-0.25, -0.2) is 4.39 Å². The monoisotopic (exact) mass is 288 g/mol. The first-order valence-electron chi connectivity index (χ1n) is 6.44. The van der Waals surface area contributed by atoms with Crippen molar-refractivity contribution in [3.8, 4) is 5.75 Å². The summed E-state index contributed by atoms with van der Waals surface area (Å²) >= 11 is 0. The number of hydrogen-bond donors (Lipinski definition) is 1. The molecule has 0 bridgehead atoms. The molecule has 0 radical (unpaired) electrons. The van der Waals surface area contributed by atoms with Gasteiger partial charge in [0, 0.05) is 24.8 Å². The summed E-state index contributed by atoms with van der Waals surface area (Å²) in [5.41, 5.74) is 7.43. The number of anilines is 1. The van der Waals surface area contributed by atoms with E-state index < -0.39 is 5.82 Å². The normalized spacial score (nSPS) is 10.2. The molecule has 0 saturated heterocycles. The molecule has 1 amide bonds. The van der Waals surface area contributed by atoms with Crippen LogP contribution in [0.5, 0.6) is 5.75 Å². The summed E-state index contributed by atoms with van der Waals surface area (Å²) in [4.78, 5) is 13.8. The predicted molar refractivity (Wildman–Crippen MR) is 79.6 cm³/mol. The van der Waals surface area contributed by atoms with Crippen molar-refractivity contribution in [2.24, 2.45) is 0 Å². The van der Waals surface area contributed by atoms with Gasteiger partial charge in [0.25, 0.3) is 5.91 Å². The maximum atomic E-state index is 13.6. The molecule has 2 aromatic carbocycles. The van der Waals surface area contributed by atoms with E-state index in [1.807, 2.05) is 0 Å². The van der Waals surface area contributed by atoms with Crippen molar-refractivity contribution >= 4 is 11.6 Å². The molecule has 0 fully saturated rings. The lowest BCUT2D eigenvalue weighted by Gasteiger charge is -2.18. The fourth-order valence-electron chi connectivity index (χ4n) is 2.00. The fraction of sp³-hybridized carbons (Fsp3) is 0.188. The zero-order valence-corrected chi connectivity index (χ0v) is 12.0. The maximum Gasteiger partial charge on any atom is 0.253 e. The van der Waals surface area contributed by atoms with Gasteiger partial charge in [0.1, 0.15) is 0 Å². The van der Waals surface area contributed by atoms with Crippen molar-refractivity contribution in [2.45, 2.75) is 6.54 Å². The summed E-state index contributed by atoms with van der Waals surface area (Å²) in [7, 11) is 3.08. The molecule has 2 aromatic rings. The van der Waals surface area contributed by atoms with E-state index in [2.05, 4.69) is 0 Å². The lowest BCUT2D eigenvalue weighted by molar-refractivity contribution is 0.0785. The second-order valence-corrected chi connectivity index (χ2v) is 4.75. The highest BCUT2D eigenvalue weighted by atomic mass is 19.1. The maximum absolute atomic E-state index is 13.6. The largest absolute Gasteiger partial charge is 0.494 e. The number of nitrogen functional groups attached to an aromatic ring is 1.